The molecule has 0 amide bonds. The van der Waals surface area contributed by atoms with Gasteiger partial charge < -0.3 is 5.11 Å². The minimum atomic E-state index is -4.47. The Bertz CT molecular complexity index is 994. The van der Waals surface area contributed by atoms with Crippen molar-refractivity contribution >= 4 is 5.71 Å². The summed E-state index contributed by atoms with van der Waals surface area (Å²) in [4.78, 5) is 4.76. The molecule has 1 fully saturated rings. The molecule has 1 heterocycles. The molecular formula is C27H33F4NO. The Kier molecular flexibility index (Phi) is 6.13. The fourth-order valence-electron chi connectivity index (χ4n) is 5.71. The lowest BCUT2D eigenvalue weighted by molar-refractivity contribution is -0.137. The highest BCUT2D eigenvalue weighted by Gasteiger charge is 2.49. The molecule has 6 heteroatoms. The number of nitrogens with zero attached hydrogens (tertiary/aromatic N) is 1. The Morgan fingerprint density at radius 3 is 2.21 bits per heavy atom. The Labute approximate surface area is 193 Å². The van der Waals surface area contributed by atoms with Crippen molar-refractivity contribution in [3.8, 4) is 0 Å². The number of hydrogen-bond acceptors (Lipinski definition) is 2. The average Bonchev–Trinajstić information content (AvgIpc) is 3.24. The molecule has 0 unspecified atom stereocenters. The fraction of sp³-hybridized carbons (Fsp3) is 0.593. The van der Waals surface area contributed by atoms with Crippen molar-refractivity contribution in [3.05, 3.63) is 58.2 Å². The van der Waals surface area contributed by atoms with Crippen LogP contribution >= 0.6 is 0 Å². The minimum Gasteiger partial charge on any atom is -0.365 e. The van der Waals surface area contributed by atoms with E-state index < -0.39 is 23.6 Å². The topological polar surface area (TPSA) is 32.6 Å². The van der Waals surface area contributed by atoms with Gasteiger partial charge >= 0.3 is 6.18 Å². The molecular weight excluding hydrogens is 430 g/mol. The monoisotopic (exact) mass is 463 g/mol. The largest absolute Gasteiger partial charge is 0.416 e. The number of benzene rings is 1. The molecule has 1 aromatic rings. The van der Waals surface area contributed by atoms with Gasteiger partial charge in [-0.2, -0.15) is 13.2 Å². The molecule has 0 bridgehead atoms. The molecule has 2 aliphatic carbocycles. The number of alkyl halides is 4. The van der Waals surface area contributed by atoms with E-state index in [0.29, 0.717) is 23.3 Å². The number of aliphatic hydroxyl groups is 1. The summed E-state index contributed by atoms with van der Waals surface area (Å²) in [5.41, 5.74) is 0.404. The first-order valence-corrected chi connectivity index (χ1v) is 11.9. The number of allylic oxidation sites excluding steroid dienone is 2. The molecule has 33 heavy (non-hydrogen) atoms. The van der Waals surface area contributed by atoms with Gasteiger partial charge in [0, 0.05) is 23.3 Å². The first-order valence-electron chi connectivity index (χ1n) is 11.9. The molecule has 0 radical (unpaired) electrons. The van der Waals surface area contributed by atoms with E-state index in [9.17, 15) is 18.3 Å². The van der Waals surface area contributed by atoms with Crippen LogP contribution in [0.4, 0.5) is 17.6 Å². The van der Waals surface area contributed by atoms with E-state index in [1.165, 1.54) is 12.1 Å². The van der Waals surface area contributed by atoms with Gasteiger partial charge in [0.2, 0.25) is 0 Å². The second-order valence-corrected chi connectivity index (χ2v) is 10.9. The molecule has 0 saturated heterocycles. The predicted molar refractivity (Wildman–Crippen MR) is 123 cm³/mol. The van der Waals surface area contributed by atoms with Crippen LogP contribution in [0, 0.1) is 17.3 Å². The van der Waals surface area contributed by atoms with Gasteiger partial charge in [-0.15, -0.1) is 0 Å². The summed E-state index contributed by atoms with van der Waals surface area (Å²) in [5, 5.41) is 11.7. The van der Waals surface area contributed by atoms with Crippen LogP contribution in [0.25, 0.3) is 0 Å². The Balaban J connectivity index is 1.89. The normalized spacial score (nSPS) is 26.8. The molecule has 180 valence electrons. The molecule has 1 N–H and O–H groups in total. The van der Waals surface area contributed by atoms with Gasteiger partial charge in [-0.1, -0.05) is 58.7 Å². The van der Waals surface area contributed by atoms with Gasteiger partial charge in [-0.3, -0.25) is 4.99 Å². The summed E-state index contributed by atoms with van der Waals surface area (Å²) >= 11 is 0. The zero-order valence-corrected chi connectivity index (χ0v) is 19.8. The van der Waals surface area contributed by atoms with Crippen molar-refractivity contribution in [2.45, 2.75) is 84.3 Å². The van der Waals surface area contributed by atoms with Gasteiger partial charge in [0.15, 0.2) is 11.9 Å². The molecule has 1 aliphatic heterocycles. The SMILES string of the molecule is CC(C)C1=N[C@]2(O)CC(C)(C)CC=C2C(C2CCCC2)=C1[C@@H](F)c1ccc(C(F)(F)F)cc1. The van der Waals surface area contributed by atoms with Crippen molar-refractivity contribution in [2.24, 2.45) is 22.2 Å². The second-order valence-electron chi connectivity index (χ2n) is 10.9. The number of dihydropyridines is 1. The highest BCUT2D eigenvalue weighted by atomic mass is 19.4. The maximum atomic E-state index is 16.3. The van der Waals surface area contributed by atoms with E-state index in [1.807, 2.05) is 19.9 Å². The van der Waals surface area contributed by atoms with Crippen LogP contribution in [0.1, 0.15) is 83.5 Å². The minimum absolute atomic E-state index is 0.121. The quantitative estimate of drug-likeness (QED) is 0.455. The van der Waals surface area contributed by atoms with Crippen LogP contribution in [-0.4, -0.2) is 16.5 Å². The lowest BCUT2D eigenvalue weighted by atomic mass is 9.66. The second kappa shape index (κ2) is 8.37. The first kappa shape index (κ1) is 24.2. The van der Waals surface area contributed by atoms with Gasteiger partial charge in [0.05, 0.1) is 5.56 Å². The molecule has 4 rings (SSSR count). The Hall–Kier alpha value is -1.95. The van der Waals surface area contributed by atoms with Gasteiger partial charge in [-0.05, 0) is 59.8 Å². The lowest BCUT2D eigenvalue weighted by Crippen LogP contribution is -2.44. The zero-order chi connectivity index (χ0) is 24.2. The maximum absolute atomic E-state index is 16.3. The summed E-state index contributed by atoms with van der Waals surface area (Å²) < 4.78 is 55.4. The average molecular weight is 464 g/mol. The number of halogens is 4. The van der Waals surface area contributed by atoms with Crippen LogP contribution in [0.5, 0.6) is 0 Å². The van der Waals surface area contributed by atoms with E-state index in [-0.39, 0.29) is 22.8 Å². The molecule has 1 aromatic carbocycles. The number of aliphatic imine (C=N–C) groups is 1. The predicted octanol–water partition coefficient (Wildman–Crippen LogP) is 7.75. The Morgan fingerprint density at radius 2 is 1.67 bits per heavy atom. The maximum Gasteiger partial charge on any atom is 0.416 e. The van der Waals surface area contributed by atoms with E-state index in [1.54, 1.807) is 0 Å². The lowest BCUT2D eigenvalue weighted by Gasteiger charge is -2.45. The number of fused-ring (bicyclic) bond motifs is 1. The third kappa shape index (κ3) is 4.55. The standard InChI is InChI=1S/C27H33F4NO/c1-16(2)24-22(23(28)18-9-11-19(12-10-18)27(29,30)31)21(17-7-5-6-8-17)20-13-14-25(3,4)15-26(20,33)32-24/h9-13,16-17,23,33H,5-8,14-15H2,1-4H3/t23-,26-/m0/s1. The van der Waals surface area contributed by atoms with Crippen LogP contribution in [0.3, 0.4) is 0 Å². The molecule has 2 nitrogen and oxygen atoms in total. The zero-order valence-electron chi connectivity index (χ0n) is 19.8. The molecule has 3 aliphatic rings. The van der Waals surface area contributed by atoms with Crippen molar-refractivity contribution in [1.82, 2.24) is 0 Å². The Morgan fingerprint density at radius 1 is 1.06 bits per heavy atom. The highest BCUT2D eigenvalue weighted by molar-refractivity contribution is 6.05. The van der Waals surface area contributed by atoms with Crippen LogP contribution < -0.4 is 0 Å². The molecule has 0 spiro atoms. The summed E-state index contributed by atoms with van der Waals surface area (Å²) in [7, 11) is 0. The fourth-order valence-corrected chi connectivity index (χ4v) is 5.71. The number of rotatable bonds is 4. The van der Waals surface area contributed by atoms with Crippen molar-refractivity contribution in [3.63, 3.8) is 0 Å². The van der Waals surface area contributed by atoms with E-state index in [2.05, 4.69) is 13.8 Å². The molecule has 0 aromatic heterocycles. The van der Waals surface area contributed by atoms with Crippen molar-refractivity contribution in [2.75, 3.05) is 0 Å². The third-order valence-corrected chi connectivity index (χ3v) is 7.27. The van der Waals surface area contributed by atoms with Crippen LogP contribution in [0.15, 0.2) is 52.1 Å². The van der Waals surface area contributed by atoms with E-state index in [0.717, 1.165) is 49.8 Å². The van der Waals surface area contributed by atoms with Crippen LogP contribution in [-0.2, 0) is 6.18 Å². The van der Waals surface area contributed by atoms with Gasteiger partial charge in [0.1, 0.15) is 0 Å². The summed E-state index contributed by atoms with van der Waals surface area (Å²) in [6, 6.07) is 4.32. The summed E-state index contributed by atoms with van der Waals surface area (Å²) in [6.07, 6.45) is 1.10. The van der Waals surface area contributed by atoms with Crippen molar-refractivity contribution < 1.29 is 22.7 Å². The smallest absolute Gasteiger partial charge is 0.365 e. The van der Waals surface area contributed by atoms with Crippen molar-refractivity contribution in [1.29, 1.82) is 0 Å². The number of hydrogen-bond donors (Lipinski definition) is 1. The third-order valence-electron chi connectivity index (χ3n) is 7.27. The van der Waals surface area contributed by atoms with E-state index >= 15 is 4.39 Å². The molecule has 2 atom stereocenters. The molecule has 1 saturated carbocycles. The summed E-state index contributed by atoms with van der Waals surface area (Å²) in [5.74, 6) is -0.0179. The summed E-state index contributed by atoms with van der Waals surface area (Å²) in [6.45, 7) is 8.04. The van der Waals surface area contributed by atoms with Crippen LogP contribution in [0.2, 0.25) is 0 Å². The highest BCUT2D eigenvalue weighted by Crippen LogP contribution is 2.53. The van der Waals surface area contributed by atoms with E-state index in [4.69, 9.17) is 4.99 Å². The van der Waals surface area contributed by atoms with Gasteiger partial charge in [-0.25, -0.2) is 4.39 Å². The first-order chi connectivity index (χ1) is 15.3. The van der Waals surface area contributed by atoms with Gasteiger partial charge in [0.25, 0.3) is 0 Å².